The lowest BCUT2D eigenvalue weighted by Crippen LogP contribution is -2.48. The number of hydrogen-bond donors (Lipinski definition) is 8. The quantitative estimate of drug-likeness (QED) is 0.263. The van der Waals surface area contributed by atoms with Gasteiger partial charge in [0.1, 0.15) is 24.1 Å². The van der Waals surface area contributed by atoms with Crippen LogP contribution in [0.2, 0.25) is 0 Å². The van der Waals surface area contributed by atoms with Gasteiger partial charge < -0.3 is 36.4 Å². The number of carbonyl (C=O) groups is 1. The summed E-state index contributed by atoms with van der Waals surface area (Å²) in [5.74, 6) is -2.72. The van der Waals surface area contributed by atoms with Gasteiger partial charge >= 0.3 is 11.7 Å². The number of halogens is 1. The van der Waals surface area contributed by atoms with Crippen LogP contribution in [-0.2, 0) is 4.79 Å². The highest BCUT2D eigenvalue weighted by atomic mass is 19.1. The van der Waals surface area contributed by atoms with E-state index in [-0.39, 0.29) is 5.82 Å². The van der Waals surface area contributed by atoms with Crippen molar-refractivity contribution in [3.8, 4) is 0 Å². The molecule has 1 aromatic heterocycles. The van der Waals surface area contributed by atoms with E-state index in [0.29, 0.717) is 0 Å². The lowest BCUT2D eigenvalue weighted by molar-refractivity contribution is -0.164. The molecule has 0 aliphatic heterocycles. The van der Waals surface area contributed by atoms with Crippen molar-refractivity contribution in [2.45, 2.75) is 24.4 Å². The number of nitrogens with two attached hydrogens (primary N) is 1. The summed E-state index contributed by atoms with van der Waals surface area (Å²) in [6.07, 6.45) is -7.07. The Morgan fingerprint density at radius 2 is 1.86 bits per heavy atom. The van der Waals surface area contributed by atoms with Crippen molar-refractivity contribution >= 4 is 11.8 Å². The van der Waals surface area contributed by atoms with Gasteiger partial charge in [0, 0.05) is 0 Å². The van der Waals surface area contributed by atoms with Gasteiger partial charge in [0.05, 0.1) is 12.8 Å². The third-order valence-electron chi connectivity index (χ3n) is 2.30. The number of carboxylic acids is 1. The SMILES string of the molecule is Nc1[nH]c(=O)ncc1F.O=C(O)[C@H](O)[C@@H](O)[C@H](O)[C@H](O)CO. The first-order chi connectivity index (χ1) is 10.1. The number of H-pyrrole nitrogens is 1. The average molecular weight is 325 g/mol. The molecule has 4 atom stereocenters. The van der Waals surface area contributed by atoms with E-state index in [4.69, 9.17) is 36.4 Å². The summed E-state index contributed by atoms with van der Waals surface area (Å²) in [5.41, 5.74) is 4.31. The van der Waals surface area contributed by atoms with E-state index < -0.39 is 48.5 Å². The highest BCUT2D eigenvalue weighted by Gasteiger charge is 2.33. The molecule has 0 aromatic carbocycles. The van der Waals surface area contributed by atoms with Crippen LogP contribution in [0.25, 0.3) is 0 Å². The maximum Gasteiger partial charge on any atom is 0.346 e. The van der Waals surface area contributed by atoms with Crippen LogP contribution < -0.4 is 11.4 Å². The Morgan fingerprint density at radius 1 is 1.32 bits per heavy atom. The monoisotopic (exact) mass is 325 g/mol. The second kappa shape index (κ2) is 9.01. The number of carboxylic acid groups (broad SMARTS) is 1. The smallest absolute Gasteiger partial charge is 0.346 e. The highest BCUT2D eigenvalue weighted by Crippen LogP contribution is 2.04. The van der Waals surface area contributed by atoms with Crippen molar-refractivity contribution in [3.05, 3.63) is 22.5 Å². The molecule has 0 amide bonds. The van der Waals surface area contributed by atoms with Crippen LogP contribution in [0, 0.1) is 5.82 Å². The van der Waals surface area contributed by atoms with Gasteiger partial charge in [-0.1, -0.05) is 0 Å². The number of anilines is 1. The van der Waals surface area contributed by atoms with E-state index in [1.54, 1.807) is 0 Å². The normalized spacial score (nSPS) is 15.9. The molecule has 0 radical (unpaired) electrons. The first-order valence-electron chi connectivity index (χ1n) is 5.68. The zero-order valence-corrected chi connectivity index (χ0v) is 11.0. The average Bonchev–Trinajstić information content (AvgIpc) is 2.48. The van der Waals surface area contributed by atoms with Gasteiger partial charge in [-0.2, -0.15) is 4.98 Å². The van der Waals surface area contributed by atoms with E-state index in [9.17, 15) is 14.0 Å². The number of aliphatic hydroxyl groups excluding tert-OH is 5. The van der Waals surface area contributed by atoms with Crippen molar-refractivity contribution in [3.63, 3.8) is 0 Å². The maximum absolute atomic E-state index is 12.1. The number of rotatable bonds is 5. The maximum atomic E-state index is 12.1. The Balaban J connectivity index is 0.000000425. The molecule has 0 fully saturated rings. The fourth-order valence-electron chi connectivity index (χ4n) is 1.06. The van der Waals surface area contributed by atoms with Crippen molar-refractivity contribution < 1.29 is 39.8 Å². The van der Waals surface area contributed by atoms with Gasteiger partial charge in [-0.3, -0.25) is 4.98 Å². The zero-order chi connectivity index (χ0) is 17.4. The lowest BCUT2D eigenvalue weighted by Gasteiger charge is -2.23. The third kappa shape index (κ3) is 6.11. The van der Waals surface area contributed by atoms with Crippen molar-refractivity contribution in [2.75, 3.05) is 12.3 Å². The van der Waals surface area contributed by atoms with E-state index in [2.05, 4.69) is 4.98 Å². The molecule has 9 N–H and O–H groups in total. The molecule has 0 bridgehead atoms. The number of aliphatic hydroxyl groups is 5. The summed E-state index contributed by atoms with van der Waals surface area (Å²) in [5, 5.41) is 51.8. The van der Waals surface area contributed by atoms with Gasteiger partial charge in [-0.05, 0) is 0 Å². The lowest BCUT2D eigenvalue weighted by atomic mass is 10.0. The molecule has 1 rings (SSSR count). The first kappa shape index (κ1) is 19.9. The predicted molar refractivity (Wildman–Crippen MR) is 68.0 cm³/mol. The molecule has 0 aliphatic carbocycles. The molecule has 0 saturated heterocycles. The van der Waals surface area contributed by atoms with Gasteiger partial charge in [0.25, 0.3) is 0 Å². The van der Waals surface area contributed by atoms with Gasteiger partial charge in [0.15, 0.2) is 11.9 Å². The second-order valence-corrected chi connectivity index (χ2v) is 3.96. The highest BCUT2D eigenvalue weighted by molar-refractivity contribution is 5.72. The molecule has 0 aliphatic rings. The Hall–Kier alpha value is -2.12. The Morgan fingerprint density at radius 3 is 2.23 bits per heavy atom. The number of nitrogens with one attached hydrogen (secondary N) is 1. The minimum atomic E-state index is -2.20. The summed E-state index contributed by atoms with van der Waals surface area (Å²) >= 11 is 0. The fourth-order valence-corrected chi connectivity index (χ4v) is 1.06. The van der Waals surface area contributed by atoms with Gasteiger partial charge in [0.2, 0.25) is 0 Å². The molecule has 12 heteroatoms. The van der Waals surface area contributed by atoms with Crippen LogP contribution in [0.5, 0.6) is 0 Å². The zero-order valence-electron chi connectivity index (χ0n) is 11.0. The minimum absolute atomic E-state index is 0.282. The predicted octanol–water partition coefficient (Wildman–Crippen LogP) is -4.00. The van der Waals surface area contributed by atoms with Crippen molar-refractivity contribution in [1.82, 2.24) is 9.97 Å². The first-order valence-corrected chi connectivity index (χ1v) is 5.68. The summed E-state index contributed by atoms with van der Waals surface area (Å²) < 4.78 is 12.1. The van der Waals surface area contributed by atoms with Crippen LogP contribution in [0.1, 0.15) is 0 Å². The van der Waals surface area contributed by atoms with Crippen LogP contribution >= 0.6 is 0 Å². The van der Waals surface area contributed by atoms with E-state index in [1.807, 2.05) is 4.98 Å². The fraction of sp³-hybridized carbons (Fsp3) is 0.500. The summed E-state index contributed by atoms with van der Waals surface area (Å²) in [4.78, 5) is 25.4. The Bertz CT molecular complexity index is 539. The minimum Gasteiger partial charge on any atom is -0.479 e. The molecule has 1 heterocycles. The number of nitrogen functional groups attached to an aromatic ring is 1. The standard InChI is InChI=1S/C6H12O7.C4H4FN3O/c7-1-2(8)3(9)4(10)5(11)6(12)13;5-2-1-7-4(9)8-3(2)6/h2-5,7-11H,1H2,(H,12,13);1H,(H3,6,7,8,9)/t2-,3-,4+,5-;/m1./s1. The number of aliphatic carboxylic acids is 1. The van der Waals surface area contributed by atoms with E-state index >= 15 is 0 Å². The topological polar surface area (TPSA) is 210 Å². The number of hydrogen-bond acceptors (Lipinski definition) is 9. The molecule has 126 valence electrons. The van der Waals surface area contributed by atoms with Crippen molar-refractivity contribution in [2.24, 2.45) is 0 Å². The molecular formula is C10H16FN3O8. The van der Waals surface area contributed by atoms with Crippen LogP contribution in [-0.4, -0.2) is 77.6 Å². The molecule has 0 unspecified atom stereocenters. The second-order valence-electron chi connectivity index (χ2n) is 3.96. The molecule has 0 saturated carbocycles. The van der Waals surface area contributed by atoms with Crippen LogP contribution in [0.4, 0.5) is 10.2 Å². The van der Waals surface area contributed by atoms with Gasteiger partial charge in [-0.15, -0.1) is 0 Å². The van der Waals surface area contributed by atoms with E-state index in [0.717, 1.165) is 6.20 Å². The number of nitrogens with zero attached hydrogens (tertiary/aromatic N) is 1. The number of aromatic nitrogens is 2. The summed E-state index contributed by atoms with van der Waals surface area (Å²) in [6, 6.07) is 0. The third-order valence-corrected chi connectivity index (χ3v) is 2.30. The van der Waals surface area contributed by atoms with Crippen LogP contribution in [0.3, 0.4) is 0 Å². The molecule has 0 spiro atoms. The molecule has 11 nitrogen and oxygen atoms in total. The Kier molecular flexibility index (Phi) is 8.14. The van der Waals surface area contributed by atoms with E-state index in [1.165, 1.54) is 0 Å². The number of aromatic amines is 1. The largest absolute Gasteiger partial charge is 0.479 e. The van der Waals surface area contributed by atoms with Crippen molar-refractivity contribution in [1.29, 1.82) is 0 Å². The van der Waals surface area contributed by atoms with Crippen LogP contribution in [0.15, 0.2) is 11.0 Å². The molecule has 22 heavy (non-hydrogen) atoms. The summed E-state index contributed by atoms with van der Waals surface area (Å²) in [6.45, 7) is -0.843. The molecule has 1 aromatic rings. The Labute approximate surface area is 122 Å². The molecular weight excluding hydrogens is 309 g/mol. The van der Waals surface area contributed by atoms with Gasteiger partial charge in [-0.25, -0.2) is 14.0 Å². The summed E-state index contributed by atoms with van der Waals surface area (Å²) in [7, 11) is 0.